The molecule has 0 amide bonds. The van der Waals surface area contributed by atoms with Crippen LogP contribution >= 0.6 is 0 Å². The van der Waals surface area contributed by atoms with Crippen LogP contribution in [0.1, 0.15) is 31.0 Å². The number of hydrogen-bond acceptors (Lipinski definition) is 2. The van der Waals surface area contributed by atoms with Crippen molar-refractivity contribution >= 4 is 0 Å². The standard InChI is InChI=1S/C13H17N3/c1-9(2)11-5-12(7-14-6-11)13-8-16(4)15-10(13)3/h5-9H,1-4H3. The fraction of sp³-hybridized carbons (Fsp3) is 0.385. The highest BCUT2D eigenvalue weighted by molar-refractivity contribution is 5.64. The van der Waals surface area contributed by atoms with Crippen molar-refractivity contribution in [3.8, 4) is 11.1 Å². The van der Waals surface area contributed by atoms with Crippen molar-refractivity contribution in [2.75, 3.05) is 0 Å². The van der Waals surface area contributed by atoms with E-state index in [1.54, 1.807) is 0 Å². The molecule has 3 nitrogen and oxygen atoms in total. The molecule has 84 valence electrons. The highest BCUT2D eigenvalue weighted by Crippen LogP contribution is 2.24. The van der Waals surface area contributed by atoms with Gasteiger partial charge in [-0.1, -0.05) is 13.8 Å². The first-order valence-electron chi connectivity index (χ1n) is 5.53. The SMILES string of the molecule is Cc1nn(C)cc1-c1cncc(C(C)C)c1. The van der Waals surface area contributed by atoms with Gasteiger partial charge < -0.3 is 0 Å². The molecule has 2 aromatic heterocycles. The summed E-state index contributed by atoms with van der Waals surface area (Å²) in [5.41, 5.74) is 4.63. The van der Waals surface area contributed by atoms with Gasteiger partial charge in [-0.15, -0.1) is 0 Å². The van der Waals surface area contributed by atoms with Gasteiger partial charge in [-0.2, -0.15) is 5.10 Å². The molecule has 0 saturated carbocycles. The normalized spacial score (nSPS) is 11.1. The smallest absolute Gasteiger partial charge is 0.0672 e. The molecule has 16 heavy (non-hydrogen) atoms. The Morgan fingerprint density at radius 3 is 2.56 bits per heavy atom. The number of aryl methyl sites for hydroxylation is 2. The molecule has 0 aliphatic carbocycles. The summed E-state index contributed by atoms with van der Waals surface area (Å²) in [6.45, 7) is 6.38. The van der Waals surface area contributed by atoms with Crippen LogP contribution in [-0.2, 0) is 7.05 Å². The Morgan fingerprint density at radius 1 is 1.25 bits per heavy atom. The second kappa shape index (κ2) is 4.08. The van der Waals surface area contributed by atoms with Gasteiger partial charge >= 0.3 is 0 Å². The summed E-state index contributed by atoms with van der Waals surface area (Å²) in [7, 11) is 1.94. The third kappa shape index (κ3) is 1.98. The van der Waals surface area contributed by atoms with Gasteiger partial charge in [0.2, 0.25) is 0 Å². The van der Waals surface area contributed by atoms with Crippen LogP contribution in [0.2, 0.25) is 0 Å². The zero-order chi connectivity index (χ0) is 11.7. The molecule has 0 fully saturated rings. The van der Waals surface area contributed by atoms with Gasteiger partial charge in [-0.25, -0.2) is 0 Å². The van der Waals surface area contributed by atoms with Gasteiger partial charge in [0.25, 0.3) is 0 Å². The topological polar surface area (TPSA) is 30.7 Å². The molecule has 0 spiro atoms. The van der Waals surface area contributed by atoms with E-state index in [9.17, 15) is 0 Å². The monoisotopic (exact) mass is 215 g/mol. The van der Waals surface area contributed by atoms with Crippen molar-refractivity contribution in [1.29, 1.82) is 0 Å². The van der Waals surface area contributed by atoms with Crippen LogP contribution in [0.25, 0.3) is 11.1 Å². The quantitative estimate of drug-likeness (QED) is 0.771. The molecule has 0 aliphatic rings. The molecule has 2 aromatic rings. The van der Waals surface area contributed by atoms with E-state index in [0.29, 0.717) is 5.92 Å². The minimum Gasteiger partial charge on any atom is -0.275 e. The Labute approximate surface area is 96.1 Å². The third-order valence-electron chi connectivity index (χ3n) is 2.75. The van der Waals surface area contributed by atoms with Gasteiger partial charge in [0, 0.05) is 36.8 Å². The maximum absolute atomic E-state index is 4.35. The third-order valence-corrected chi connectivity index (χ3v) is 2.75. The Kier molecular flexibility index (Phi) is 2.77. The molecule has 2 heterocycles. The Hall–Kier alpha value is -1.64. The first kappa shape index (κ1) is 10.9. The second-order valence-corrected chi connectivity index (χ2v) is 4.46. The molecule has 0 bridgehead atoms. The van der Waals surface area contributed by atoms with Crippen LogP contribution in [0.4, 0.5) is 0 Å². The predicted octanol–water partition coefficient (Wildman–Crippen LogP) is 2.91. The molecule has 0 aliphatic heterocycles. The van der Waals surface area contributed by atoms with Gasteiger partial charge in [-0.05, 0) is 24.5 Å². The van der Waals surface area contributed by atoms with E-state index in [4.69, 9.17) is 0 Å². The molecule has 0 N–H and O–H groups in total. The summed E-state index contributed by atoms with van der Waals surface area (Å²) >= 11 is 0. The fourth-order valence-corrected chi connectivity index (χ4v) is 1.80. The zero-order valence-corrected chi connectivity index (χ0v) is 10.2. The minimum atomic E-state index is 0.504. The number of nitrogens with zero attached hydrogens (tertiary/aromatic N) is 3. The molecule has 0 saturated heterocycles. The molecular formula is C13H17N3. The molecule has 3 heteroatoms. The zero-order valence-electron chi connectivity index (χ0n) is 10.2. The lowest BCUT2D eigenvalue weighted by Crippen LogP contribution is -1.90. The molecule has 0 radical (unpaired) electrons. The lowest BCUT2D eigenvalue weighted by Gasteiger charge is -2.06. The van der Waals surface area contributed by atoms with Crippen LogP contribution in [0, 0.1) is 6.92 Å². The van der Waals surface area contributed by atoms with E-state index in [1.165, 1.54) is 5.56 Å². The Balaban J connectivity index is 2.48. The maximum atomic E-state index is 4.35. The highest BCUT2D eigenvalue weighted by atomic mass is 15.2. The molecule has 2 rings (SSSR count). The largest absolute Gasteiger partial charge is 0.275 e. The van der Waals surface area contributed by atoms with Gasteiger partial charge in [0.05, 0.1) is 5.69 Å². The van der Waals surface area contributed by atoms with E-state index in [1.807, 2.05) is 37.2 Å². The van der Waals surface area contributed by atoms with Gasteiger partial charge in [0.15, 0.2) is 0 Å². The van der Waals surface area contributed by atoms with Crippen LogP contribution in [0.15, 0.2) is 24.7 Å². The number of hydrogen-bond donors (Lipinski definition) is 0. The highest BCUT2D eigenvalue weighted by Gasteiger charge is 2.08. The van der Waals surface area contributed by atoms with Crippen molar-refractivity contribution in [2.45, 2.75) is 26.7 Å². The first-order chi connectivity index (χ1) is 7.58. The van der Waals surface area contributed by atoms with Crippen molar-refractivity contribution < 1.29 is 0 Å². The average Bonchev–Trinajstić information content (AvgIpc) is 2.58. The summed E-state index contributed by atoms with van der Waals surface area (Å²) < 4.78 is 1.84. The molecule has 0 unspecified atom stereocenters. The van der Waals surface area contributed by atoms with Crippen LogP contribution in [-0.4, -0.2) is 14.8 Å². The van der Waals surface area contributed by atoms with Crippen LogP contribution < -0.4 is 0 Å². The molecule has 0 atom stereocenters. The average molecular weight is 215 g/mol. The van der Waals surface area contributed by atoms with Crippen molar-refractivity contribution in [2.24, 2.45) is 7.05 Å². The summed E-state index contributed by atoms with van der Waals surface area (Å²) in [6, 6.07) is 2.20. The number of rotatable bonds is 2. The van der Waals surface area contributed by atoms with E-state index in [2.05, 4.69) is 30.0 Å². The lowest BCUT2D eigenvalue weighted by atomic mass is 10.0. The van der Waals surface area contributed by atoms with E-state index < -0.39 is 0 Å². The van der Waals surface area contributed by atoms with E-state index in [0.717, 1.165) is 16.8 Å². The first-order valence-corrected chi connectivity index (χ1v) is 5.53. The van der Waals surface area contributed by atoms with Crippen molar-refractivity contribution in [3.05, 3.63) is 35.9 Å². The Bertz CT molecular complexity index is 498. The summed E-state index contributed by atoms with van der Waals surface area (Å²) in [6.07, 6.45) is 5.87. The Morgan fingerprint density at radius 2 is 2.00 bits per heavy atom. The number of pyridine rings is 1. The summed E-state index contributed by atoms with van der Waals surface area (Å²) in [5.74, 6) is 0.504. The molecular weight excluding hydrogens is 198 g/mol. The van der Waals surface area contributed by atoms with E-state index >= 15 is 0 Å². The fourth-order valence-electron chi connectivity index (χ4n) is 1.80. The maximum Gasteiger partial charge on any atom is 0.0672 e. The minimum absolute atomic E-state index is 0.504. The van der Waals surface area contributed by atoms with Crippen LogP contribution in [0.3, 0.4) is 0 Å². The van der Waals surface area contributed by atoms with Gasteiger partial charge in [0.1, 0.15) is 0 Å². The van der Waals surface area contributed by atoms with Crippen molar-refractivity contribution in [1.82, 2.24) is 14.8 Å². The lowest BCUT2D eigenvalue weighted by molar-refractivity contribution is 0.756. The van der Waals surface area contributed by atoms with Gasteiger partial charge in [-0.3, -0.25) is 9.67 Å². The van der Waals surface area contributed by atoms with Crippen molar-refractivity contribution in [3.63, 3.8) is 0 Å². The summed E-state index contributed by atoms with van der Waals surface area (Å²) in [4.78, 5) is 4.30. The number of aromatic nitrogens is 3. The second-order valence-electron chi connectivity index (χ2n) is 4.46. The predicted molar refractivity (Wildman–Crippen MR) is 65.3 cm³/mol. The van der Waals surface area contributed by atoms with Crippen LogP contribution in [0.5, 0.6) is 0 Å². The summed E-state index contributed by atoms with van der Waals surface area (Å²) in [5, 5.41) is 4.35. The molecule has 0 aromatic carbocycles. The van der Waals surface area contributed by atoms with E-state index in [-0.39, 0.29) is 0 Å².